The Labute approximate surface area is 214 Å². The number of H-pyrrole nitrogens is 1. The van der Waals surface area contributed by atoms with Crippen molar-refractivity contribution in [1.29, 1.82) is 0 Å². The standard InChI is InChI=1S/C22H19ClFN4.C5H5.Fe/c23-16-5-7-17(8-6-16)27-9-11-28(12-10-27)21-14-20-19(13-18(21)24)25-22(26-20)15-3-1-2-4-15;1-2-4-5-3-1;/h1-8,13-14H,9-12H2,(H,25,26);1-5H;/q2*-1;+2. The van der Waals surface area contributed by atoms with E-state index < -0.39 is 0 Å². The minimum absolute atomic E-state index is 0. The molecule has 6 rings (SSSR count). The molecular weight excluding hydrogens is 491 g/mol. The molecular formula is C27H24ClFFeN4. The van der Waals surface area contributed by atoms with E-state index in [1.165, 1.54) is 0 Å². The van der Waals surface area contributed by atoms with Crippen molar-refractivity contribution in [2.45, 2.75) is 0 Å². The first-order chi connectivity index (χ1) is 16.2. The van der Waals surface area contributed by atoms with Gasteiger partial charge in [0, 0.05) is 43.0 Å². The molecule has 0 radical (unpaired) electrons. The molecule has 4 aromatic carbocycles. The van der Waals surface area contributed by atoms with E-state index in [1.54, 1.807) is 6.07 Å². The van der Waals surface area contributed by atoms with E-state index in [0.717, 1.165) is 59.3 Å². The van der Waals surface area contributed by atoms with E-state index in [1.807, 2.05) is 84.9 Å². The van der Waals surface area contributed by atoms with Crippen molar-refractivity contribution in [2.75, 3.05) is 36.0 Å². The van der Waals surface area contributed by atoms with Gasteiger partial charge in [0.15, 0.2) is 0 Å². The number of aromatic nitrogens is 2. The summed E-state index contributed by atoms with van der Waals surface area (Å²) < 4.78 is 14.8. The zero-order valence-corrected chi connectivity index (χ0v) is 20.3. The second-order valence-electron chi connectivity index (χ2n) is 7.99. The fraction of sp³-hybridized carbons (Fsp3) is 0.148. The Bertz CT molecular complexity index is 1270. The van der Waals surface area contributed by atoms with Crippen LogP contribution >= 0.6 is 11.6 Å². The average Bonchev–Trinajstić information content (AvgIpc) is 3.62. The monoisotopic (exact) mass is 514 g/mol. The molecule has 4 nitrogen and oxygen atoms in total. The molecule has 0 spiro atoms. The van der Waals surface area contributed by atoms with Gasteiger partial charge in [0.2, 0.25) is 0 Å². The predicted octanol–water partition coefficient (Wildman–Crippen LogP) is 6.47. The van der Waals surface area contributed by atoms with Gasteiger partial charge in [-0.15, -0.1) is 11.6 Å². The molecule has 1 aromatic heterocycles. The number of anilines is 2. The summed E-state index contributed by atoms with van der Waals surface area (Å²) >= 11 is 5.98. The molecule has 0 bridgehead atoms. The van der Waals surface area contributed by atoms with Gasteiger partial charge in [0.05, 0.1) is 22.5 Å². The minimum Gasteiger partial charge on any atom is -0.378 e. The van der Waals surface area contributed by atoms with E-state index >= 15 is 0 Å². The number of nitrogens with zero attached hydrogens (tertiary/aromatic N) is 3. The van der Waals surface area contributed by atoms with Crippen molar-refractivity contribution in [3.63, 3.8) is 0 Å². The number of piperazine rings is 1. The van der Waals surface area contributed by atoms with Gasteiger partial charge in [0.25, 0.3) is 0 Å². The summed E-state index contributed by atoms with van der Waals surface area (Å²) in [5.74, 6) is 0.550. The van der Waals surface area contributed by atoms with Crippen molar-refractivity contribution >= 4 is 34.0 Å². The molecule has 1 aliphatic heterocycles. The number of hydrogen-bond acceptors (Lipinski definition) is 3. The molecule has 0 unspecified atom stereocenters. The Balaban J connectivity index is 0.000000407. The quantitative estimate of drug-likeness (QED) is 0.221. The molecule has 0 aliphatic carbocycles. The van der Waals surface area contributed by atoms with Crippen LogP contribution in [-0.2, 0) is 17.1 Å². The summed E-state index contributed by atoms with van der Waals surface area (Å²) in [6.45, 7) is 3.17. The van der Waals surface area contributed by atoms with E-state index in [-0.39, 0.29) is 22.9 Å². The van der Waals surface area contributed by atoms with Crippen LogP contribution in [0.15, 0.2) is 91.0 Å². The minimum atomic E-state index is -0.217. The van der Waals surface area contributed by atoms with Crippen molar-refractivity contribution in [3.8, 4) is 11.4 Å². The van der Waals surface area contributed by atoms with Crippen LogP contribution in [0, 0.1) is 5.82 Å². The zero-order valence-electron chi connectivity index (χ0n) is 18.4. The van der Waals surface area contributed by atoms with Crippen LogP contribution in [0.3, 0.4) is 0 Å². The van der Waals surface area contributed by atoms with Gasteiger partial charge in [-0.05, 0) is 30.3 Å². The molecule has 2 heterocycles. The third-order valence-corrected chi connectivity index (χ3v) is 6.11. The smallest absolute Gasteiger partial charge is 0.378 e. The summed E-state index contributed by atoms with van der Waals surface area (Å²) in [6, 6.07) is 29.2. The molecule has 1 saturated heterocycles. The number of halogens is 2. The van der Waals surface area contributed by atoms with E-state index in [4.69, 9.17) is 11.6 Å². The second-order valence-corrected chi connectivity index (χ2v) is 8.43. The molecule has 0 atom stereocenters. The van der Waals surface area contributed by atoms with Gasteiger partial charge in [0.1, 0.15) is 5.82 Å². The molecule has 1 aliphatic rings. The number of nitrogens with one attached hydrogen (secondary N) is 1. The van der Waals surface area contributed by atoms with Crippen molar-refractivity contribution in [3.05, 3.63) is 102 Å². The first-order valence-electron chi connectivity index (χ1n) is 11.0. The largest absolute Gasteiger partial charge is 2.00 e. The number of aromatic amines is 1. The Morgan fingerprint density at radius 2 is 1.59 bits per heavy atom. The number of hydrogen-bond donors (Lipinski definition) is 1. The van der Waals surface area contributed by atoms with E-state index in [0.29, 0.717) is 5.69 Å². The first kappa shape index (κ1) is 24.1. The average molecular weight is 515 g/mol. The molecule has 7 heteroatoms. The maximum atomic E-state index is 14.8. The van der Waals surface area contributed by atoms with Crippen LogP contribution in [0.4, 0.5) is 15.8 Å². The number of imidazole rings is 1. The predicted molar refractivity (Wildman–Crippen MR) is 135 cm³/mol. The van der Waals surface area contributed by atoms with Crippen LogP contribution in [0.25, 0.3) is 22.4 Å². The van der Waals surface area contributed by atoms with Crippen LogP contribution < -0.4 is 9.80 Å². The van der Waals surface area contributed by atoms with E-state index in [2.05, 4.69) is 19.8 Å². The van der Waals surface area contributed by atoms with Gasteiger partial charge in [-0.3, -0.25) is 4.98 Å². The molecule has 5 aromatic rings. The van der Waals surface area contributed by atoms with Crippen LogP contribution in [0.2, 0.25) is 5.02 Å². The summed E-state index contributed by atoms with van der Waals surface area (Å²) in [5.41, 5.74) is 4.27. The maximum absolute atomic E-state index is 14.8. The zero-order chi connectivity index (χ0) is 22.6. The summed E-state index contributed by atoms with van der Waals surface area (Å²) in [7, 11) is 0. The van der Waals surface area contributed by atoms with Gasteiger partial charge >= 0.3 is 17.1 Å². The SMILES string of the molecule is Fc1cc2[nH]c(-c3ccc[cH-]3)nc2cc1N1CCN(c2ccc(Cl)cc2)CC1.[Fe+2].c1cc[cH-]c1. The summed E-state index contributed by atoms with van der Waals surface area (Å²) in [6.07, 6.45) is 0. The second kappa shape index (κ2) is 10.9. The Morgan fingerprint density at radius 1 is 0.882 bits per heavy atom. The maximum Gasteiger partial charge on any atom is 2.00 e. The molecule has 34 heavy (non-hydrogen) atoms. The Morgan fingerprint density at radius 3 is 2.21 bits per heavy atom. The first-order valence-corrected chi connectivity index (χ1v) is 11.4. The fourth-order valence-corrected chi connectivity index (χ4v) is 4.23. The topological polar surface area (TPSA) is 35.2 Å². The number of benzene rings is 2. The Kier molecular flexibility index (Phi) is 7.73. The van der Waals surface area contributed by atoms with Crippen LogP contribution in [0.1, 0.15) is 0 Å². The molecule has 174 valence electrons. The van der Waals surface area contributed by atoms with E-state index in [9.17, 15) is 4.39 Å². The number of rotatable bonds is 3. The molecule has 0 saturated carbocycles. The third-order valence-electron chi connectivity index (χ3n) is 5.85. The molecule has 0 amide bonds. The van der Waals surface area contributed by atoms with Crippen LogP contribution in [0.5, 0.6) is 0 Å². The Hall–Kier alpha value is -3.05. The summed E-state index contributed by atoms with van der Waals surface area (Å²) in [5, 5.41) is 0.734. The van der Waals surface area contributed by atoms with Crippen molar-refractivity contribution in [2.24, 2.45) is 0 Å². The van der Waals surface area contributed by atoms with Crippen molar-refractivity contribution < 1.29 is 21.5 Å². The third kappa shape index (κ3) is 5.36. The van der Waals surface area contributed by atoms with Gasteiger partial charge in [-0.2, -0.15) is 36.4 Å². The van der Waals surface area contributed by atoms with Crippen LogP contribution in [-0.4, -0.2) is 36.1 Å². The molecule has 1 N–H and O–H groups in total. The number of fused-ring (bicyclic) bond motifs is 1. The fourth-order valence-electron chi connectivity index (χ4n) is 4.11. The van der Waals surface area contributed by atoms with Gasteiger partial charge < -0.3 is 14.8 Å². The van der Waals surface area contributed by atoms with Gasteiger partial charge in [-0.25, -0.2) is 16.5 Å². The molecule has 1 fully saturated rings. The van der Waals surface area contributed by atoms with Crippen molar-refractivity contribution in [1.82, 2.24) is 9.97 Å². The summed E-state index contributed by atoms with van der Waals surface area (Å²) in [4.78, 5) is 12.3. The van der Waals surface area contributed by atoms with Gasteiger partial charge in [-0.1, -0.05) is 11.6 Å². The normalized spacial score (nSPS) is 13.4.